The lowest BCUT2D eigenvalue weighted by molar-refractivity contribution is -0.162. The van der Waals surface area contributed by atoms with Crippen molar-refractivity contribution in [2.75, 3.05) is 12.4 Å². The molecule has 4 heterocycles. The van der Waals surface area contributed by atoms with Gasteiger partial charge in [-0.15, -0.1) is 20.4 Å². The van der Waals surface area contributed by atoms with Crippen molar-refractivity contribution in [3.63, 3.8) is 0 Å². The number of carbonyl (C=O) groups excluding carboxylic acids is 1. The third-order valence-corrected chi connectivity index (χ3v) is 4.60. The largest absolute Gasteiger partial charge is 0.479 e. The quantitative estimate of drug-likeness (QED) is 0.467. The van der Waals surface area contributed by atoms with Gasteiger partial charge in [0.25, 0.3) is 5.91 Å². The van der Waals surface area contributed by atoms with Crippen LogP contribution in [0.1, 0.15) is 23.3 Å². The molecule has 4 aromatic heterocycles. The van der Waals surface area contributed by atoms with E-state index >= 15 is 0 Å². The summed E-state index contributed by atoms with van der Waals surface area (Å²) in [5, 5.41) is 21.7. The maximum absolute atomic E-state index is 13.2. The highest BCUT2D eigenvalue weighted by atomic mass is 19.4. The molecule has 0 spiro atoms. The van der Waals surface area contributed by atoms with Crippen LogP contribution in [0.5, 0.6) is 5.88 Å². The summed E-state index contributed by atoms with van der Waals surface area (Å²) in [6, 6.07) is 5.91. The Morgan fingerprint density at radius 2 is 1.97 bits per heavy atom. The minimum Gasteiger partial charge on any atom is -0.479 e. The zero-order valence-corrected chi connectivity index (χ0v) is 17.2. The lowest BCUT2D eigenvalue weighted by Gasteiger charge is -2.18. The summed E-state index contributed by atoms with van der Waals surface area (Å²) in [6.45, 7) is 0.986. The Kier molecular flexibility index (Phi) is 5.72. The van der Waals surface area contributed by atoms with Crippen LogP contribution in [0.2, 0.25) is 0 Å². The van der Waals surface area contributed by atoms with Gasteiger partial charge in [-0.1, -0.05) is 6.07 Å². The summed E-state index contributed by atoms with van der Waals surface area (Å²) in [6.07, 6.45) is -0.620. The molecule has 1 amide bonds. The highest BCUT2D eigenvalue weighted by Gasteiger charge is 2.38. The van der Waals surface area contributed by atoms with Gasteiger partial charge in [0.15, 0.2) is 11.6 Å². The first-order valence-corrected chi connectivity index (χ1v) is 9.44. The first-order valence-electron chi connectivity index (χ1n) is 9.44. The number of hydrogen-bond acceptors (Lipinski definition) is 8. The zero-order valence-electron chi connectivity index (χ0n) is 17.2. The molecule has 14 heteroatoms. The maximum Gasteiger partial charge on any atom is 0.408 e. The van der Waals surface area contributed by atoms with E-state index in [4.69, 9.17) is 4.74 Å². The Balaban J connectivity index is 1.60. The van der Waals surface area contributed by atoms with E-state index in [2.05, 4.69) is 35.8 Å². The molecule has 1 unspecified atom stereocenters. The first-order chi connectivity index (χ1) is 15.8. The fourth-order valence-electron chi connectivity index (χ4n) is 2.88. The molecule has 33 heavy (non-hydrogen) atoms. The Morgan fingerprint density at radius 1 is 1.15 bits per heavy atom. The van der Waals surface area contributed by atoms with Crippen LogP contribution >= 0.6 is 0 Å². The second kappa shape index (κ2) is 8.64. The summed E-state index contributed by atoms with van der Waals surface area (Å²) >= 11 is 0. The fraction of sp³-hybridized carbons (Fsp3) is 0.211. The average Bonchev–Trinajstić information content (AvgIpc) is 3.46. The molecule has 1 atom stereocenters. The summed E-state index contributed by atoms with van der Waals surface area (Å²) < 4.78 is 46.8. The number of aromatic nitrogens is 8. The molecule has 0 aliphatic heterocycles. The number of carbonyl (C=O) groups is 1. The standard InChI is InChI=1S/C19H16F3N9O2/c1-11(19(20,21)22)30-10-24-28-16(30)13-5-3-6-14(25-13)26-17(32)12-9-31(29-18(12)33-2)15-7-4-8-23-27-15/h3-11H,1-2H3,(H,25,26,32). The van der Waals surface area contributed by atoms with Gasteiger partial charge in [-0.2, -0.15) is 18.3 Å². The third-order valence-electron chi connectivity index (χ3n) is 4.60. The lowest BCUT2D eigenvalue weighted by Crippen LogP contribution is -2.24. The SMILES string of the molecule is COc1nn(-c2cccnn2)cc1C(=O)Nc1cccc(-c2nncn2C(C)C(F)(F)F)n1. The van der Waals surface area contributed by atoms with Gasteiger partial charge in [0.05, 0.1) is 7.11 Å². The van der Waals surface area contributed by atoms with Crippen LogP contribution in [-0.4, -0.2) is 58.9 Å². The predicted octanol–water partition coefficient (Wildman–Crippen LogP) is 2.70. The van der Waals surface area contributed by atoms with Crippen LogP contribution in [0.25, 0.3) is 17.3 Å². The number of ether oxygens (including phenoxy) is 1. The number of halogens is 3. The van der Waals surface area contributed by atoms with E-state index in [1.54, 1.807) is 12.1 Å². The third kappa shape index (κ3) is 4.49. The van der Waals surface area contributed by atoms with Crippen molar-refractivity contribution in [1.82, 2.24) is 39.7 Å². The van der Waals surface area contributed by atoms with E-state index in [1.807, 2.05) is 0 Å². The van der Waals surface area contributed by atoms with Crippen LogP contribution in [-0.2, 0) is 0 Å². The molecule has 0 saturated carbocycles. The van der Waals surface area contributed by atoms with Gasteiger partial charge in [0, 0.05) is 12.4 Å². The van der Waals surface area contributed by atoms with E-state index in [-0.39, 0.29) is 28.8 Å². The van der Waals surface area contributed by atoms with Gasteiger partial charge in [-0.25, -0.2) is 9.67 Å². The van der Waals surface area contributed by atoms with Crippen molar-refractivity contribution in [3.8, 4) is 23.2 Å². The molecule has 0 radical (unpaired) electrons. The smallest absolute Gasteiger partial charge is 0.408 e. The Bertz CT molecular complexity index is 1270. The van der Waals surface area contributed by atoms with E-state index in [0.717, 1.165) is 17.8 Å². The highest BCUT2D eigenvalue weighted by molar-refractivity contribution is 6.05. The van der Waals surface area contributed by atoms with Gasteiger partial charge in [-0.05, 0) is 31.2 Å². The van der Waals surface area contributed by atoms with Gasteiger partial charge >= 0.3 is 6.18 Å². The molecule has 11 nitrogen and oxygen atoms in total. The molecular formula is C19H16F3N9O2. The van der Waals surface area contributed by atoms with Crippen LogP contribution in [0.4, 0.5) is 19.0 Å². The molecule has 170 valence electrons. The number of anilines is 1. The number of nitrogens with zero attached hydrogens (tertiary/aromatic N) is 8. The molecule has 0 fully saturated rings. The second-order valence-corrected chi connectivity index (χ2v) is 6.72. The van der Waals surface area contributed by atoms with Crippen LogP contribution in [0.15, 0.2) is 49.1 Å². The number of amides is 1. The summed E-state index contributed by atoms with van der Waals surface area (Å²) in [5.74, 6) is -0.206. The minimum atomic E-state index is -4.50. The maximum atomic E-state index is 13.2. The summed E-state index contributed by atoms with van der Waals surface area (Å²) in [5.41, 5.74) is 0.188. The van der Waals surface area contributed by atoms with Gasteiger partial charge < -0.3 is 14.6 Å². The lowest BCUT2D eigenvalue weighted by atomic mass is 10.2. The van der Waals surface area contributed by atoms with E-state index in [0.29, 0.717) is 5.82 Å². The molecule has 4 aromatic rings. The number of methoxy groups -OCH3 is 1. The van der Waals surface area contributed by atoms with Crippen LogP contribution in [0, 0.1) is 0 Å². The van der Waals surface area contributed by atoms with Crippen molar-refractivity contribution in [3.05, 3.63) is 54.6 Å². The van der Waals surface area contributed by atoms with Gasteiger partial charge in [-0.3, -0.25) is 4.79 Å². The summed E-state index contributed by atoms with van der Waals surface area (Å²) in [4.78, 5) is 17.1. The van der Waals surface area contributed by atoms with Crippen LogP contribution in [0.3, 0.4) is 0 Å². The second-order valence-electron chi connectivity index (χ2n) is 6.72. The van der Waals surface area contributed by atoms with E-state index in [9.17, 15) is 18.0 Å². The molecule has 0 aliphatic rings. The van der Waals surface area contributed by atoms with E-state index < -0.39 is 18.1 Å². The van der Waals surface area contributed by atoms with Gasteiger partial charge in [0.2, 0.25) is 5.88 Å². The van der Waals surface area contributed by atoms with Crippen molar-refractivity contribution in [1.29, 1.82) is 0 Å². The zero-order chi connectivity index (χ0) is 23.6. The Morgan fingerprint density at radius 3 is 2.67 bits per heavy atom. The Hall–Kier alpha value is -4.36. The number of pyridine rings is 1. The molecule has 0 saturated heterocycles. The monoisotopic (exact) mass is 459 g/mol. The topological polar surface area (TPSA) is 126 Å². The highest BCUT2D eigenvalue weighted by Crippen LogP contribution is 2.32. The molecular weight excluding hydrogens is 443 g/mol. The summed E-state index contributed by atoms with van der Waals surface area (Å²) in [7, 11) is 1.35. The molecule has 1 N–H and O–H groups in total. The number of nitrogens with one attached hydrogen (secondary N) is 1. The number of alkyl halides is 3. The molecule has 0 bridgehead atoms. The fourth-order valence-corrected chi connectivity index (χ4v) is 2.88. The normalized spacial score (nSPS) is 12.4. The number of rotatable bonds is 6. The number of hydrogen-bond donors (Lipinski definition) is 1. The average molecular weight is 459 g/mol. The van der Waals surface area contributed by atoms with Crippen molar-refractivity contribution < 1.29 is 22.7 Å². The van der Waals surface area contributed by atoms with Crippen LogP contribution < -0.4 is 10.1 Å². The molecule has 0 aliphatic carbocycles. The predicted molar refractivity (Wildman–Crippen MR) is 108 cm³/mol. The Labute approximate surface area is 184 Å². The first kappa shape index (κ1) is 21.9. The van der Waals surface area contributed by atoms with Gasteiger partial charge in [0.1, 0.15) is 29.4 Å². The minimum absolute atomic E-state index is 0.0352. The molecule has 4 rings (SSSR count). The van der Waals surface area contributed by atoms with E-state index in [1.165, 1.54) is 42.4 Å². The van der Waals surface area contributed by atoms with Crippen molar-refractivity contribution in [2.24, 2.45) is 0 Å². The van der Waals surface area contributed by atoms with Crippen molar-refractivity contribution >= 4 is 11.7 Å². The molecule has 0 aromatic carbocycles. The van der Waals surface area contributed by atoms with Crippen molar-refractivity contribution in [2.45, 2.75) is 19.1 Å².